The highest BCUT2D eigenvalue weighted by Gasteiger charge is 2.27. The molecule has 1 rings (SSSR count). The lowest BCUT2D eigenvalue weighted by Gasteiger charge is -2.28. The van der Waals surface area contributed by atoms with E-state index in [0.29, 0.717) is 19.7 Å². The zero-order valence-electron chi connectivity index (χ0n) is 9.02. The summed E-state index contributed by atoms with van der Waals surface area (Å²) >= 11 is 0. The van der Waals surface area contributed by atoms with Crippen molar-refractivity contribution in [1.82, 2.24) is 10.2 Å². The summed E-state index contributed by atoms with van der Waals surface area (Å²) < 4.78 is 5.27. The number of carboxylic acids is 1. The van der Waals surface area contributed by atoms with Crippen molar-refractivity contribution in [3.8, 4) is 0 Å². The molecule has 6 nitrogen and oxygen atoms in total. The van der Waals surface area contributed by atoms with Gasteiger partial charge in [-0.05, 0) is 0 Å². The fourth-order valence-electron chi connectivity index (χ4n) is 1.48. The molecule has 0 radical (unpaired) electrons. The third-order valence-corrected chi connectivity index (χ3v) is 2.19. The van der Waals surface area contributed by atoms with Crippen molar-refractivity contribution in [2.45, 2.75) is 6.10 Å². The predicted octanol–water partition coefficient (Wildman–Crippen LogP) is -0.926. The molecular weight excluding hydrogens is 212 g/mol. The average Bonchev–Trinajstić information content (AvgIpc) is 2.28. The summed E-state index contributed by atoms with van der Waals surface area (Å²) in [5, 5.41) is 11.7. The van der Waals surface area contributed by atoms with Crippen LogP contribution in [-0.2, 0) is 14.3 Å². The van der Waals surface area contributed by atoms with E-state index in [1.807, 2.05) is 0 Å². The van der Waals surface area contributed by atoms with Crippen LogP contribution in [0, 0.1) is 0 Å². The van der Waals surface area contributed by atoms with E-state index in [1.54, 1.807) is 0 Å². The van der Waals surface area contributed by atoms with Crippen molar-refractivity contribution in [3.63, 3.8) is 0 Å². The van der Waals surface area contributed by atoms with Gasteiger partial charge in [0, 0.05) is 19.6 Å². The summed E-state index contributed by atoms with van der Waals surface area (Å²) in [4.78, 5) is 23.7. The molecule has 90 valence electrons. The van der Waals surface area contributed by atoms with Gasteiger partial charge < -0.3 is 20.1 Å². The Morgan fingerprint density at radius 2 is 2.38 bits per heavy atom. The van der Waals surface area contributed by atoms with E-state index < -0.39 is 12.1 Å². The zero-order valence-corrected chi connectivity index (χ0v) is 9.02. The number of morpholine rings is 1. The second kappa shape index (κ2) is 6.24. The minimum Gasteiger partial charge on any atom is -0.480 e. The average molecular weight is 228 g/mol. The third kappa shape index (κ3) is 3.63. The van der Waals surface area contributed by atoms with Crippen molar-refractivity contribution in [2.24, 2.45) is 0 Å². The Kier molecular flexibility index (Phi) is 4.94. The summed E-state index contributed by atoms with van der Waals surface area (Å²) in [6.45, 7) is 4.98. The molecule has 16 heavy (non-hydrogen) atoms. The molecule has 1 saturated heterocycles. The van der Waals surface area contributed by atoms with Crippen LogP contribution in [0.5, 0.6) is 0 Å². The lowest BCUT2D eigenvalue weighted by atomic mass is 10.2. The van der Waals surface area contributed by atoms with Crippen LogP contribution in [0.2, 0.25) is 0 Å². The molecule has 6 heteroatoms. The van der Waals surface area contributed by atoms with Gasteiger partial charge in [-0.1, -0.05) is 6.08 Å². The predicted molar refractivity (Wildman–Crippen MR) is 57.0 cm³/mol. The molecule has 0 saturated carbocycles. The number of carbonyl (C=O) groups is 2. The second-order valence-corrected chi connectivity index (χ2v) is 3.46. The highest BCUT2D eigenvalue weighted by molar-refractivity contribution is 5.85. The highest BCUT2D eigenvalue weighted by Crippen LogP contribution is 2.02. The van der Waals surface area contributed by atoms with Gasteiger partial charge in [0.2, 0.25) is 0 Å². The largest absolute Gasteiger partial charge is 0.480 e. The van der Waals surface area contributed by atoms with Crippen LogP contribution in [0.3, 0.4) is 0 Å². The van der Waals surface area contributed by atoms with Gasteiger partial charge in [0.1, 0.15) is 12.6 Å². The number of ether oxygens (including phenoxy) is 1. The highest BCUT2D eigenvalue weighted by atomic mass is 16.5. The monoisotopic (exact) mass is 228 g/mol. The summed E-state index contributed by atoms with van der Waals surface area (Å²) in [5.74, 6) is -1.35. The molecular formula is C10H16N2O4. The maximum absolute atomic E-state index is 11.9. The fourth-order valence-corrected chi connectivity index (χ4v) is 1.48. The smallest absolute Gasteiger partial charge is 0.323 e. The molecule has 2 N–H and O–H groups in total. The first-order valence-corrected chi connectivity index (χ1v) is 5.09. The number of nitrogens with one attached hydrogen (secondary N) is 1. The van der Waals surface area contributed by atoms with Gasteiger partial charge >= 0.3 is 5.97 Å². The maximum Gasteiger partial charge on any atom is 0.323 e. The number of carboxylic acid groups (broad SMARTS) is 1. The Balaban J connectivity index is 2.57. The molecule has 0 aliphatic carbocycles. The molecule has 1 aliphatic rings. The van der Waals surface area contributed by atoms with Gasteiger partial charge in [0.05, 0.1) is 6.61 Å². The number of amides is 1. The summed E-state index contributed by atoms with van der Waals surface area (Å²) in [6, 6.07) is 0. The SMILES string of the molecule is C=CCN(CC(=O)O)C(=O)C1CNCCO1. The number of nitrogens with zero attached hydrogens (tertiary/aromatic N) is 1. The van der Waals surface area contributed by atoms with Crippen molar-refractivity contribution in [1.29, 1.82) is 0 Å². The van der Waals surface area contributed by atoms with Crippen molar-refractivity contribution in [2.75, 3.05) is 32.8 Å². The van der Waals surface area contributed by atoms with Gasteiger partial charge in [-0.2, -0.15) is 0 Å². The first-order valence-electron chi connectivity index (χ1n) is 5.09. The van der Waals surface area contributed by atoms with Crippen LogP contribution in [0.4, 0.5) is 0 Å². The molecule has 1 heterocycles. The maximum atomic E-state index is 11.9. The minimum atomic E-state index is -1.04. The Labute approximate surface area is 93.9 Å². The summed E-state index contributed by atoms with van der Waals surface area (Å²) in [7, 11) is 0. The number of hydrogen-bond acceptors (Lipinski definition) is 4. The zero-order chi connectivity index (χ0) is 12.0. The van der Waals surface area contributed by atoms with Crippen LogP contribution in [0.25, 0.3) is 0 Å². The van der Waals surface area contributed by atoms with E-state index in [4.69, 9.17) is 9.84 Å². The van der Waals surface area contributed by atoms with Gasteiger partial charge in [-0.25, -0.2) is 0 Å². The van der Waals surface area contributed by atoms with Crippen molar-refractivity contribution < 1.29 is 19.4 Å². The van der Waals surface area contributed by atoms with Crippen LogP contribution in [0.15, 0.2) is 12.7 Å². The van der Waals surface area contributed by atoms with Gasteiger partial charge in [-0.3, -0.25) is 9.59 Å². The molecule has 1 amide bonds. The Hall–Kier alpha value is -1.40. The molecule has 0 aromatic carbocycles. The number of rotatable bonds is 5. The quantitative estimate of drug-likeness (QED) is 0.595. The number of carbonyl (C=O) groups excluding carboxylic acids is 1. The lowest BCUT2D eigenvalue weighted by molar-refractivity contribution is -0.151. The molecule has 1 fully saturated rings. The van der Waals surface area contributed by atoms with Crippen molar-refractivity contribution in [3.05, 3.63) is 12.7 Å². The van der Waals surface area contributed by atoms with Crippen LogP contribution in [-0.4, -0.2) is 60.8 Å². The Morgan fingerprint density at radius 1 is 1.62 bits per heavy atom. The van der Waals surface area contributed by atoms with E-state index in [1.165, 1.54) is 11.0 Å². The molecule has 0 aromatic rings. The lowest BCUT2D eigenvalue weighted by Crippen LogP contribution is -2.50. The molecule has 1 atom stereocenters. The fraction of sp³-hybridized carbons (Fsp3) is 0.600. The normalized spacial score (nSPS) is 20.1. The van der Waals surface area contributed by atoms with E-state index in [2.05, 4.69) is 11.9 Å². The van der Waals surface area contributed by atoms with Crippen LogP contribution >= 0.6 is 0 Å². The minimum absolute atomic E-state index is 0.213. The first-order chi connectivity index (χ1) is 7.65. The Morgan fingerprint density at radius 3 is 2.88 bits per heavy atom. The van der Waals surface area contributed by atoms with E-state index >= 15 is 0 Å². The third-order valence-electron chi connectivity index (χ3n) is 2.19. The molecule has 0 aromatic heterocycles. The number of hydrogen-bond donors (Lipinski definition) is 2. The Bertz CT molecular complexity index is 274. The van der Waals surface area contributed by atoms with Crippen molar-refractivity contribution >= 4 is 11.9 Å². The van der Waals surface area contributed by atoms with E-state index in [0.717, 1.165) is 0 Å². The van der Waals surface area contributed by atoms with E-state index in [-0.39, 0.29) is 19.0 Å². The molecule has 0 spiro atoms. The molecule has 0 bridgehead atoms. The van der Waals surface area contributed by atoms with Crippen LogP contribution in [0.1, 0.15) is 0 Å². The first kappa shape index (κ1) is 12.7. The number of aliphatic carboxylic acids is 1. The molecule has 1 aliphatic heterocycles. The topological polar surface area (TPSA) is 78.9 Å². The summed E-state index contributed by atoms with van der Waals surface area (Å²) in [5.41, 5.74) is 0. The van der Waals surface area contributed by atoms with Gasteiger partial charge in [0.25, 0.3) is 5.91 Å². The van der Waals surface area contributed by atoms with Gasteiger partial charge in [-0.15, -0.1) is 6.58 Å². The van der Waals surface area contributed by atoms with Crippen LogP contribution < -0.4 is 5.32 Å². The standard InChI is InChI=1S/C10H16N2O4/c1-2-4-12(7-9(13)14)10(15)8-6-11-3-5-16-8/h2,8,11H,1,3-7H2,(H,13,14). The van der Waals surface area contributed by atoms with E-state index in [9.17, 15) is 9.59 Å². The summed E-state index contributed by atoms with van der Waals surface area (Å²) in [6.07, 6.45) is 0.907. The second-order valence-electron chi connectivity index (χ2n) is 3.46. The van der Waals surface area contributed by atoms with Gasteiger partial charge in [0.15, 0.2) is 0 Å². The molecule has 1 unspecified atom stereocenters.